The molecule has 0 aliphatic carbocycles. The van der Waals surface area contributed by atoms with Crippen LogP contribution in [0, 0.1) is 6.92 Å². The van der Waals surface area contributed by atoms with Gasteiger partial charge >= 0.3 is 0 Å². The van der Waals surface area contributed by atoms with Gasteiger partial charge in [-0.15, -0.1) is 0 Å². The lowest BCUT2D eigenvalue weighted by molar-refractivity contribution is 0.102. The van der Waals surface area contributed by atoms with Crippen molar-refractivity contribution in [3.05, 3.63) is 59.8 Å². The van der Waals surface area contributed by atoms with E-state index in [9.17, 15) is 4.79 Å². The normalized spacial score (nSPS) is 10.7. The Labute approximate surface area is 117 Å². The molecule has 0 aliphatic rings. The van der Waals surface area contributed by atoms with E-state index < -0.39 is 0 Å². The van der Waals surface area contributed by atoms with Gasteiger partial charge in [0.05, 0.1) is 11.7 Å². The molecule has 0 atom stereocenters. The number of rotatable bonds is 2. The Morgan fingerprint density at radius 2 is 1.90 bits per heavy atom. The molecule has 2 aromatic carbocycles. The van der Waals surface area contributed by atoms with Crippen LogP contribution in [0.4, 0.5) is 5.69 Å². The molecule has 0 bridgehead atoms. The summed E-state index contributed by atoms with van der Waals surface area (Å²) in [6, 6.07) is 13.3. The van der Waals surface area contributed by atoms with Gasteiger partial charge in [0.2, 0.25) is 0 Å². The third kappa shape index (κ3) is 2.28. The lowest BCUT2D eigenvalue weighted by Crippen LogP contribution is -2.11. The molecule has 0 saturated carbocycles. The van der Waals surface area contributed by atoms with E-state index in [0.717, 1.165) is 22.2 Å². The molecule has 0 radical (unpaired) electrons. The van der Waals surface area contributed by atoms with Crippen molar-refractivity contribution < 1.29 is 4.79 Å². The third-order valence-electron chi connectivity index (χ3n) is 3.32. The van der Waals surface area contributed by atoms with Crippen molar-refractivity contribution in [2.75, 3.05) is 5.32 Å². The van der Waals surface area contributed by atoms with Gasteiger partial charge in [0, 0.05) is 23.7 Å². The number of hydrogen-bond donors (Lipinski definition) is 1. The molecule has 4 nitrogen and oxygen atoms in total. The van der Waals surface area contributed by atoms with E-state index in [1.165, 1.54) is 0 Å². The minimum absolute atomic E-state index is 0.105. The fourth-order valence-corrected chi connectivity index (χ4v) is 2.13. The van der Waals surface area contributed by atoms with Crippen LogP contribution < -0.4 is 5.32 Å². The monoisotopic (exact) mass is 265 g/mol. The van der Waals surface area contributed by atoms with Crippen LogP contribution in [0.15, 0.2) is 48.7 Å². The predicted octanol–water partition coefficient (Wildman–Crippen LogP) is 3.13. The third-order valence-corrected chi connectivity index (χ3v) is 3.32. The molecule has 3 aromatic rings. The van der Waals surface area contributed by atoms with E-state index in [4.69, 9.17) is 0 Å². The van der Waals surface area contributed by atoms with Gasteiger partial charge in [-0.1, -0.05) is 17.7 Å². The second-order valence-electron chi connectivity index (χ2n) is 4.86. The summed E-state index contributed by atoms with van der Waals surface area (Å²) in [6.45, 7) is 2.00. The maximum Gasteiger partial charge on any atom is 0.255 e. The maximum atomic E-state index is 12.2. The molecule has 1 N–H and O–H groups in total. The van der Waals surface area contributed by atoms with Gasteiger partial charge in [-0.25, -0.2) is 0 Å². The second kappa shape index (κ2) is 4.81. The summed E-state index contributed by atoms with van der Waals surface area (Å²) in [5.74, 6) is -0.105. The number of carbonyl (C=O) groups excluding carboxylic acids is 1. The highest BCUT2D eigenvalue weighted by molar-refractivity contribution is 6.05. The number of benzene rings is 2. The molecular weight excluding hydrogens is 250 g/mol. The average Bonchev–Trinajstić information content (AvgIpc) is 2.81. The number of aromatic nitrogens is 2. The minimum Gasteiger partial charge on any atom is -0.322 e. The van der Waals surface area contributed by atoms with E-state index in [-0.39, 0.29) is 5.91 Å². The van der Waals surface area contributed by atoms with Crippen LogP contribution in [0.2, 0.25) is 0 Å². The number of amides is 1. The molecular formula is C16H15N3O. The quantitative estimate of drug-likeness (QED) is 0.773. The molecule has 0 spiro atoms. The summed E-state index contributed by atoms with van der Waals surface area (Å²) in [5.41, 5.74) is 3.55. The predicted molar refractivity (Wildman–Crippen MR) is 79.8 cm³/mol. The number of hydrogen-bond acceptors (Lipinski definition) is 2. The van der Waals surface area contributed by atoms with Crippen LogP contribution in [0.5, 0.6) is 0 Å². The van der Waals surface area contributed by atoms with Crippen LogP contribution in [0.25, 0.3) is 10.9 Å². The first kappa shape index (κ1) is 12.4. The lowest BCUT2D eigenvalue weighted by Gasteiger charge is -2.06. The molecule has 0 aliphatic heterocycles. The number of nitrogens with zero attached hydrogens (tertiary/aromatic N) is 2. The van der Waals surface area contributed by atoms with Gasteiger partial charge in [0.15, 0.2) is 0 Å². The first-order valence-corrected chi connectivity index (χ1v) is 6.43. The largest absolute Gasteiger partial charge is 0.322 e. The van der Waals surface area contributed by atoms with E-state index in [0.29, 0.717) is 5.56 Å². The van der Waals surface area contributed by atoms with Crippen molar-refractivity contribution in [1.29, 1.82) is 0 Å². The number of anilines is 1. The van der Waals surface area contributed by atoms with E-state index in [1.54, 1.807) is 10.9 Å². The van der Waals surface area contributed by atoms with Crippen LogP contribution in [0.3, 0.4) is 0 Å². The smallest absolute Gasteiger partial charge is 0.255 e. The van der Waals surface area contributed by atoms with Gasteiger partial charge in [-0.2, -0.15) is 5.10 Å². The molecule has 1 amide bonds. The Morgan fingerprint density at radius 1 is 1.15 bits per heavy atom. The van der Waals surface area contributed by atoms with E-state index in [1.807, 2.05) is 56.4 Å². The van der Waals surface area contributed by atoms with Gasteiger partial charge < -0.3 is 5.32 Å². The second-order valence-corrected chi connectivity index (χ2v) is 4.86. The Balaban J connectivity index is 1.86. The van der Waals surface area contributed by atoms with Gasteiger partial charge in [-0.05, 0) is 37.3 Å². The summed E-state index contributed by atoms with van der Waals surface area (Å²) < 4.78 is 1.79. The van der Waals surface area contributed by atoms with Crippen LogP contribution >= 0.6 is 0 Å². The molecule has 1 heterocycles. The highest BCUT2D eigenvalue weighted by Crippen LogP contribution is 2.19. The highest BCUT2D eigenvalue weighted by atomic mass is 16.1. The van der Waals surface area contributed by atoms with Gasteiger partial charge in [0.1, 0.15) is 0 Å². The summed E-state index contributed by atoms with van der Waals surface area (Å²) in [5, 5.41) is 8.15. The highest BCUT2D eigenvalue weighted by Gasteiger charge is 2.07. The zero-order valence-electron chi connectivity index (χ0n) is 11.4. The Hall–Kier alpha value is -2.62. The standard InChI is InChI=1S/C16H15N3O/c1-11-3-5-12(6-4-11)16(20)18-14-8-7-13-10-17-19(2)15(13)9-14/h3-10H,1-2H3,(H,18,20). The van der Waals surface area contributed by atoms with Crippen molar-refractivity contribution >= 4 is 22.5 Å². The fourth-order valence-electron chi connectivity index (χ4n) is 2.13. The van der Waals surface area contributed by atoms with Crippen molar-refractivity contribution in [2.45, 2.75) is 6.92 Å². The van der Waals surface area contributed by atoms with Crippen molar-refractivity contribution in [2.24, 2.45) is 7.05 Å². The summed E-state index contributed by atoms with van der Waals surface area (Å²) in [6.07, 6.45) is 1.81. The Bertz CT molecular complexity index is 772. The number of carbonyl (C=O) groups is 1. The number of nitrogens with one attached hydrogen (secondary N) is 1. The topological polar surface area (TPSA) is 46.9 Å². The zero-order valence-corrected chi connectivity index (χ0v) is 11.4. The lowest BCUT2D eigenvalue weighted by atomic mass is 10.1. The van der Waals surface area contributed by atoms with Gasteiger partial charge in [-0.3, -0.25) is 9.48 Å². The first-order valence-electron chi connectivity index (χ1n) is 6.43. The number of fused-ring (bicyclic) bond motifs is 1. The molecule has 100 valence electrons. The van der Waals surface area contributed by atoms with Gasteiger partial charge in [0.25, 0.3) is 5.91 Å². The van der Waals surface area contributed by atoms with E-state index >= 15 is 0 Å². The van der Waals surface area contributed by atoms with Crippen molar-refractivity contribution in [3.8, 4) is 0 Å². The molecule has 0 saturated heterocycles. The molecule has 0 unspecified atom stereocenters. The number of aryl methyl sites for hydroxylation is 2. The molecule has 1 aromatic heterocycles. The van der Waals surface area contributed by atoms with E-state index in [2.05, 4.69) is 10.4 Å². The maximum absolute atomic E-state index is 12.2. The summed E-state index contributed by atoms with van der Waals surface area (Å²) in [4.78, 5) is 12.2. The van der Waals surface area contributed by atoms with Crippen LogP contribution in [0.1, 0.15) is 15.9 Å². The van der Waals surface area contributed by atoms with Crippen molar-refractivity contribution in [1.82, 2.24) is 9.78 Å². The Morgan fingerprint density at radius 3 is 2.65 bits per heavy atom. The zero-order chi connectivity index (χ0) is 14.1. The molecule has 20 heavy (non-hydrogen) atoms. The van der Waals surface area contributed by atoms with Crippen LogP contribution in [-0.2, 0) is 7.05 Å². The van der Waals surface area contributed by atoms with Crippen LogP contribution in [-0.4, -0.2) is 15.7 Å². The molecule has 4 heteroatoms. The van der Waals surface area contributed by atoms with Crippen molar-refractivity contribution in [3.63, 3.8) is 0 Å². The Kier molecular flexibility index (Phi) is 2.99. The SMILES string of the molecule is Cc1ccc(C(=O)Nc2ccc3cnn(C)c3c2)cc1. The molecule has 0 fully saturated rings. The first-order chi connectivity index (χ1) is 9.63. The minimum atomic E-state index is -0.105. The summed E-state index contributed by atoms with van der Waals surface area (Å²) >= 11 is 0. The average molecular weight is 265 g/mol. The molecule has 3 rings (SSSR count). The summed E-state index contributed by atoms with van der Waals surface area (Å²) in [7, 11) is 1.88. The fraction of sp³-hybridized carbons (Fsp3) is 0.125.